The van der Waals surface area contributed by atoms with Crippen molar-refractivity contribution in [1.29, 1.82) is 0 Å². The fourth-order valence-corrected chi connectivity index (χ4v) is 10.5. The number of nitrogens with zero attached hydrogens (tertiary/aromatic N) is 4. The minimum absolute atomic E-state index is 0. The van der Waals surface area contributed by atoms with Crippen LogP contribution in [0.25, 0.3) is 70.9 Å². The topological polar surface area (TPSA) is 43.6 Å². The molecule has 0 fully saturated rings. The van der Waals surface area contributed by atoms with E-state index in [4.69, 9.17) is 19.6 Å². The monoisotopic (exact) mass is 1040 g/mol. The molecule has 9 rings (SSSR count). The molecule has 0 saturated carbocycles. The molecule has 0 N–H and O–H groups in total. The van der Waals surface area contributed by atoms with Gasteiger partial charge in [-0.15, -0.1) is 41.5 Å². The smallest absolute Gasteiger partial charge is 0.114 e. The summed E-state index contributed by atoms with van der Waals surface area (Å²) in [6.45, 7) is 14.4. The Morgan fingerprint density at radius 1 is 0.823 bits per heavy atom. The van der Waals surface area contributed by atoms with E-state index in [9.17, 15) is 4.39 Å². The van der Waals surface area contributed by atoms with Crippen LogP contribution in [0.5, 0.6) is 0 Å². The number of rotatable bonds is 6. The molecule has 62 heavy (non-hydrogen) atoms. The fourth-order valence-electron chi connectivity index (χ4n) is 7.67. The summed E-state index contributed by atoms with van der Waals surface area (Å²) in [6.07, 6.45) is 1.73. The molecule has 5 aromatic carbocycles. The minimum atomic E-state index is -2.38. The molecule has 317 valence electrons. The van der Waals surface area contributed by atoms with Crippen molar-refractivity contribution in [2.24, 2.45) is 0 Å². The second-order valence-corrected chi connectivity index (χ2v) is 23.9. The van der Waals surface area contributed by atoms with Gasteiger partial charge in [0, 0.05) is 58.4 Å². The summed E-state index contributed by atoms with van der Waals surface area (Å²) in [5, 5.41) is 3.32. The predicted molar refractivity (Wildman–Crippen MR) is 260 cm³/mol. The largest absolute Gasteiger partial charge is 0.333 e. The van der Waals surface area contributed by atoms with E-state index < -0.39 is 33.5 Å². The van der Waals surface area contributed by atoms with Gasteiger partial charge in [-0.25, -0.2) is 4.98 Å². The van der Waals surface area contributed by atoms with E-state index in [-0.39, 0.29) is 36.6 Å². The van der Waals surface area contributed by atoms with Crippen LogP contribution in [0.2, 0.25) is 19.6 Å². The van der Waals surface area contributed by atoms with Crippen molar-refractivity contribution in [1.82, 2.24) is 19.5 Å². The molecule has 0 bridgehead atoms. The molecular weight excluding hydrogens is 976 g/mol. The van der Waals surface area contributed by atoms with E-state index in [2.05, 4.69) is 124 Å². The number of pyridine rings is 2. The number of benzene rings is 5. The number of thiophene rings is 1. The number of aromatic nitrogens is 4. The first-order chi connectivity index (χ1) is 31.7. The van der Waals surface area contributed by atoms with Crippen molar-refractivity contribution in [2.75, 3.05) is 0 Å². The third kappa shape index (κ3) is 8.89. The van der Waals surface area contributed by atoms with Gasteiger partial charge < -0.3 is 9.55 Å². The number of hydrogen-bond acceptors (Lipinski definition) is 4. The number of aryl methyl sites for hydroxylation is 3. The van der Waals surface area contributed by atoms with Crippen LogP contribution in [0.3, 0.4) is 0 Å². The Hall–Kier alpha value is -5.11. The zero-order valence-corrected chi connectivity index (χ0v) is 40.6. The van der Waals surface area contributed by atoms with E-state index >= 15 is 0 Å². The third-order valence-corrected chi connectivity index (χ3v) is 14.1. The second-order valence-electron chi connectivity index (χ2n) is 17.8. The summed E-state index contributed by atoms with van der Waals surface area (Å²) in [6, 6.07) is 40.5. The minimum Gasteiger partial charge on any atom is -0.333 e. The standard InChI is InChI=1S/C36H30N3S.C18H23FNSi.Ir/c1-22-10-13-24(14-11-22)29-21-20-27-32-23(2)12-19-28(33(32)40-35(27)38-29)34-37-30-8-6-7-9-31(30)39(34)26-17-15-25(16-18-26)36(3,4)5;1-12(2)15-10-17(20-11-18(15)21(4,5)6)14-8-7-13(3)9-16(14)19;/h6-18,20-21H,1-5H3;7,9-12H,1-6H3;/q2*-1;/i1D3;3D3,12D;. The summed E-state index contributed by atoms with van der Waals surface area (Å²) in [7, 11) is -1.72. The zero-order valence-electron chi connectivity index (χ0n) is 43.4. The molecule has 9 aromatic rings. The average molecular weight is 1040 g/mol. The van der Waals surface area contributed by atoms with E-state index in [0.717, 1.165) is 82.0 Å². The van der Waals surface area contributed by atoms with Crippen LogP contribution in [-0.4, -0.2) is 27.6 Å². The predicted octanol–water partition coefficient (Wildman–Crippen LogP) is 14.5. The van der Waals surface area contributed by atoms with E-state index in [1.54, 1.807) is 49.6 Å². The average Bonchev–Trinajstić information content (AvgIpc) is 3.85. The Morgan fingerprint density at radius 2 is 1.53 bits per heavy atom. The molecule has 0 aliphatic rings. The summed E-state index contributed by atoms with van der Waals surface area (Å²) >= 11 is 1.65. The molecule has 8 heteroatoms. The Balaban J connectivity index is 0.000000232. The maximum Gasteiger partial charge on any atom is 0.114 e. The molecule has 4 heterocycles. The molecule has 4 aromatic heterocycles. The van der Waals surface area contributed by atoms with Crippen LogP contribution in [0.4, 0.5) is 4.39 Å². The Labute approximate surface area is 394 Å². The van der Waals surface area contributed by atoms with Crippen LogP contribution in [-0.2, 0) is 25.5 Å². The van der Waals surface area contributed by atoms with Crippen molar-refractivity contribution in [3.63, 3.8) is 0 Å². The van der Waals surface area contributed by atoms with Crippen molar-refractivity contribution >= 4 is 55.9 Å². The Bertz CT molecular complexity index is 3340. The number of hydrogen-bond donors (Lipinski definition) is 0. The van der Waals surface area contributed by atoms with E-state index in [1.807, 2.05) is 24.3 Å². The molecule has 0 aliphatic heterocycles. The third-order valence-electron chi connectivity index (χ3n) is 11.0. The molecule has 0 atom stereocenters. The van der Waals surface area contributed by atoms with Crippen molar-refractivity contribution in [3.05, 3.63) is 161 Å². The molecule has 0 amide bonds. The van der Waals surface area contributed by atoms with E-state index in [1.165, 1.54) is 11.6 Å². The van der Waals surface area contributed by atoms with Crippen LogP contribution < -0.4 is 5.19 Å². The Morgan fingerprint density at radius 3 is 2.19 bits per heavy atom. The summed E-state index contributed by atoms with van der Waals surface area (Å²) < 4.78 is 71.4. The molecule has 0 saturated heterocycles. The SMILES string of the molecule is [2H]C([2H])([2H])c1c[c-]c(-c2cc(C([2H])(C)C)c([Si](C)(C)C)cn2)c(F)c1.[2H]C([2H])([2H])c1ccc(-c2ccc3c(n2)sc2c(-c4nc5ccccc5n4-c4ccc(C(C)(C)C)cc4)[c-]cc(C)c23)cc1.[Ir]. The van der Waals surface area contributed by atoms with Crippen molar-refractivity contribution < 1.29 is 34.1 Å². The normalized spacial score (nSPS) is 14.1. The number of imidazole rings is 1. The van der Waals surface area contributed by atoms with Gasteiger partial charge in [-0.1, -0.05) is 156 Å². The van der Waals surface area contributed by atoms with Gasteiger partial charge in [-0.05, 0) is 69.6 Å². The van der Waals surface area contributed by atoms with Crippen LogP contribution in [0.15, 0.2) is 115 Å². The molecule has 0 spiro atoms. The van der Waals surface area contributed by atoms with Gasteiger partial charge in [0.05, 0.1) is 30.6 Å². The number of para-hydroxylation sites is 2. The van der Waals surface area contributed by atoms with Gasteiger partial charge in [-0.2, -0.15) is 11.3 Å². The number of fused-ring (bicyclic) bond motifs is 4. The van der Waals surface area contributed by atoms with Crippen molar-refractivity contribution in [2.45, 2.75) is 86.2 Å². The van der Waals surface area contributed by atoms with Crippen LogP contribution >= 0.6 is 11.3 Å². The van der Waals surface area contributed by atoms with Gasteiger partial charge in [0.25, 0.3) is 0 Å². The van der Waals surface area contributed by atoms with Gasteiger partial charge in [-0.3, -0.25) is 9.37 Å². The van der Waals surface area contributed by atoms with Gasteiger partial charge in [0.1, 0.15) is 4.83 Å². The molecule has 4 nitrogen and oxygen atoms in total. The summed E-state index contributed by atoms with van der Waals surface area (Å²) in [5.41, 5.74) is 9.72. The Kier molecular flexibility index (Phi) is 10.3. The van der Waals surface area contributed by atoms with Gasteiger partial charge in [0.15, 0.2) is 0 Å². The maximum atomic E-state index is 14.5. The number of halogens is 1. The van der Waals surface area contributed by atoms with Gasteiger partial charge >= 0.3 is 0 Å². The first kappa shape index (κ1) is 36.4. The van der Waals surface area contributed by atoms with Gasteiger partial charge in [0.2, 0.25) is 0 Å². The second kappa shape index (κ2) is 17.6. The first-order valence-corrected chi connectivity index (χ1v) is 24.7. The summed E-state index contributed by atoms with van der Waals surface area (Å²) in [4.78, 5) is 15.5. The van der Waals surface area contributed by atoms with Crippen molar-refractivity contribution in [3.8, 4) is 39.6 Å². The van der Waals surface area contributed by atoms with Crippen LogP contribution in [0, 0.1) is 38.6 Å². The van der Waals surface area contributed by atoms with E-state index in [0.29, 0.717) is 11.3 Å². The molecule has 0 unspecified atom stereocenters. The zero-order chi connectivity index (χ0) is 49.3. The summed E-state index contributed by atoms with van der Waals surface area (Å²) in [5.74, 6) is -0.667. The molecule has 1 radical (unpaired) electrons. The first-order valence-electron chi connectivity index (χ1n) is 23.9. The quantitative estimate of drug-likeness (QED) is 0.123. The molecule has 0 aliphatic carbocycles. The van der Waals surface area contributed by atoms with Crippen LogP contribution in [0.1, 0.15) is 77.9 Å². The molecular formula is C54H53FIrN4SSi-2. The maximum absolute atomic E-state index is 14.5. The fraction of sp³-hybridized carbons (Fsp3) is 0.241.